The van der Waals surface area contributed by atoms with E-state index in [9.17, 15) is 14.4 Å². The number of hydrazine groups is 1. The molecule has 9 heteroatoms. The minimum absolute atomic E-state index is 0.0679. The van der Waals surface area contributed by atoms with Gasteiger partial charge in [0.15, 0.2) is 0 Å². The van der Waals surface area contributed by atoms with E-state index in [4.69, 9.17) is 23.2 Å². The number of carbonyl (C=O) groups is 3. The van der Waals surface area contributed by atoms with Gasteiger partial charge in [0.05, 0.1) is 4.88 Å². The fourth-order valence-electron chi connectivity index (χ4n) is 2.02. The first kappa shape index (κ1) is 17.7. The Morgan fingerprint density at radius 3 is 2.28 bits per heavy atom. The zero-order valence-electron chi connectivity index (χ0n) is 12.8. The highest BCUT2D eigenvalue weighted by atomic mass is 35.5. The molecule has 1 aromatic heterocycles. The smallest absolute Gasteiger partial charge is 0.327 e. The highest BCUT2D eigenvalue weighted by Gasteiger charge is 2.26. The van der Waals surface area contributed by atoms with E-state index < -0.39 is 17.7 Å². The summed E-state index contributed by atoms with van der Waals surface area (Å²) in [4.78, 5) is 36.3. The molecule has 1 fully saturated rings. The summed E-state index contributed by atoms with van der Waals surface area (Å²) in [7, 11) is 0. The normalized spacial score (nSPS) is 13.2. The third kappa shape index (κ3) is 4.72. The van der Waals surface area contributed by atoms with Crippen LogP contribution in [0.15, 0.2) is 30.3 Å². The summed E-state index contributed by atoms with van der Waals surface area (Å²) in [6.07, 6.45) is 1.74. The van der Waals surface area contributed by atoms with Crippen LogP contribution in [0, 0.1) is 0 Å². The topological polar surface area (TPSA) is 87.3 Å². The summed E-state index contributed by atoms with van der Waals surface area (Å²) < 4.78 is 0. The second-order valence-corrected chi connectivity index (χ2v) is 7.43. The summed E-state index contributed by atoms with van der Waals surface area (Å²) in [6, 6.07) is 8.54. The van der Waals surface area contributed by atoms with E-state index in [1.54, 1.807) is 30.3 Å². The molecule has 0 aliphatic heterocycles. The zero-order valence-corrected chi connectivity index (χ0v) is 15.1. The lowest BCUT2D eigenvalue weighted by atomic mass is 10.2. The largest absolute Gasteiger partial charge is 0.345 e. The van der Waals surface area contributed by atoms with Crippen LogP contribution in [0.1, 0.15) is 22.5 Å². The lowest BCUT2D eigenvalue weighted by Gasteiger charge is -2.06. The van der Waals surface area contributed by atoms with E-state index in [2.05, 4.69) is 16.2 Å². The molecule has 1 aromatic carbocycles. The molecule has 0 radical (unpaired) electrons. The van der Waals surface area contributed by atoms with Gasteiger partial charge in [-0.3, -0.25) is 25.2 Å². The Balaban J connectivity index is 1.60. The third-order valence-electron chi connectivity index (χ3n) is 3.39. The number of nitrogens with one attached hydrogen (secondary N) is 3. The number of benzene rings is 1. The van der Waals surface area contributed by atoms with Gasteiger partial charge in [0.2, 0.25) is 0 Å². The maximum atomic E-state index is 12.1. The number of rotatable bonds is 3. The van der Waals surface area contributed by atoms with Crippen molar-refractivity contribution in [3.8, 4) is 10.4 Å². The van der Waals surface area contributed by atoms with Crippen LogP contribution in [0.5, 0.6) is 0 Å². The molecule has 130 valence electrons. The number of thiophene rings is 1. The second-order valence-electron chi connectivity index (χ2n) is 5.48. The Labute approximate surface area is 157 Å². The van der Waals surface area contributed by atoms with Crippen molar-refractivity contribution in [2.75, 3.05) is 0 Å². The standard InChI is InChI=1S/C16H13Cl2N3O3S/c17-9-5-8(6-10(18)7-9)12-3-4-13(25-12)14(22)20-21-16(24)15(23)19-11-1-2-11/h3-7,11H,1-2H2,(H,19,23)(H,20,22)(H,21,24). The summed E-state index contributed by atoms with van der Waals surface area (Å²) >= 11 is 13.2. The van der Waals surface area contributed by atoms with Crippen molar-refractivity contribution in [2.45, 2.75) is 18.9 Å². The van der Waals surface area contributed by atoms with Gasteiger partial charge in [-0.2, -0.15) is 0 Å². The van der Waals surface area contributed by atoms with E-state index in [0.29, 0.717) is 14.9 Å². The first-order valence-corrected chi connectivity index (χ1v) is 8.97. The molecule has 1 aliphatic rings. The van der Waals surface area contributed by atoms with Crippen LogP contribution in [-0.4, -0.2) is 23.8 Å². The van der Waals surface area contributed by atoms with E-state index >= 15 is 0 Å². The SMILES string of the molecule is O=C(NNC(=O)c1ccc(-c2cc(Cl)cc(Cl)c2)s1)C(=O)NC1CC1. The highest BCUT2D eigenvalue weighted by Crippen LogP contribution is 2.32. The molecule has 3 rings (SSSR count). The molecule has 6 nitrogen and oxygen atoms in total. The fourth-order valence-corrected chi connectivity index (χ4v) is 3.44. The van der Waals surface area contributed by atoms with Crippen LogP contribution in [0.4, 0.5) is 0 Å². The molecule has 1 heterocycles. The van der Waals surface area contributed by atoms with Gasteiger partial charge in [-0.25, -0.2) is 0 Å². The molecule has 3 amide bonds. The molecule has 0 spiro atoms. The third-order valence-corrected chi connectivity index (χ3v) is 4.95. The monoisotopic (exact) mass is 397 g/mol. The molecule has 1 aliphatic carbocycles. The van der Waals surface area contributed by atoms with Gasteiger partial charge in [-0.1, -0.05) is 23.2 Å². The lowest BCUT2D eigenvalue weighted by Crippen LogP contribution is -2.48. The first-order valence-electron chi connectivity index (χ1n) is 7.40. The van der Waals surface area contributed by atoms with Gasteiger partial charge in [-0.05, 0) is 48.7 Å². The summed E-state index contributed by atoms with van der Waals surface area (Å²) in [5, 5.41) is 3.52. The van der Waals surface area contributed by atoms with Crippen molar-refractivity contribution in [2.24, 2.45) is 0 Å². The van der Waals surface area contributed by atoms with Crippen LogP contribution in [0.25, 0.3) is 10.4 Å². The molecule has 3 N–H and O–H groups in total. The Morgan fingerprint density at radius 1 is 0.960 bits per heavy atom. The fraction of sp³-hybridized carbons (Fsp3) is 0.188. The quantitative estimate of drug-likeness (QED) is 0.549. The van der Waals surface area contributed by atoms with Crippen molar-refractivity contribution in [1.29, 1.82) is 0 Å². The van der Waals surface area contributed by atoms with Gasteiger partial charge in [0, 0.05) is 21.0 Å². The van der Waals surface area contributed by atoms with Gasteiger partial charge in [0.1, 0.15) is 0 Å². The van der Waals surface area contributed by atoms with Crippen LogP contribution < -0.4 is 16.2 Å². The lowest BCUT2D eigenvalue weighted by molar-refractivity contribution is -0.139. The van der Waals surface area contributed by atoms with Gasteiger partial charge >= 0.3 is 11.8 Å². The zero-order chi connectivity index (χ0) is 18.0. The number of halogens is 2. The van der Waals surface area contributed by atoms with Crippen molar-refractivity contribution >= 4 is 52.3 Å². The molecule has 1 saturated carbocycles. The average Bonchev–Trinajstić information content (AvgIpc) is 3.23. The Bertz CT molecular complexity index is 829. The molecule has 0 bridgehead atoms. The number of amides is 3. The van der Waals surface area contributed by atoms with Crippen molar-refractivity contribution in [3.05, 3.63) is 45.3 Å². The molecule has 0 atom stereocenters. The van der Waals surface area contributed by atoms with Crippen molar-refractivity contribution in [3.63, 3.8) is 0 Å². The maximum Gasteiger partial charge on any atom is 0.327 e. The van der Waals surface area contributed by atoms with E-state index in [1.165, 1.54) is 11.3 Å². The number of hydrogen-bond donors (Lipinski definition) is 3. The summed E-state index contributed by atoms with van der Waals surface area (Å²) in [6.45, 7) is 0. The summed E-state index contributed by atoms with van der Waals surface area (Å²) in [5.74, 6) is -2.18. The van der Waals surface area contributed by atoms with Gasteiger partial charge in [-0.15, -0.1) is 11.3 Å². The van der Waals surface area contributed by atoms with Crippen LogP contribution in [0.3, 0.4) is 0 Å². The van der Waals surface area contributed by atoms with Crippen molar-refractivity contribution in [1.82, 2.24) is 16.2 Å². The molecule has 25 heavy (non-hydrogen) atoms. The predicted octanol–water partition coefficient (Wildman–Crippen LogP) is 2.76. The van der Waals surface area contributed by atoms with E-state index in [-0.39, 0.29) is 6.04 Å². The molecule has 2 aromatic rings. The van der Waals surface area contributed by atoms with Crippen LogP contribution >= 0.6 is 34.5 Å². The van der Waals surface area contributed by atoms with E-state index in [0.717, 1.165) is 23.3 Å². The van der Waals surface area contributed by atoms with Crippen molar-refractivity contribution < 1.29 is 14.4 Å². The molecular weight excluding hydrogens is 385 g/mol. The van der Waals surface area contributed by atoms with E-state index in [1.807, 2.05) is 0 Å². The minimum atomic E-state index is -0.904. The van der Waals surface area contributed by atoms with Crippen LogP contribution in [-0.2, 0) is 9.59 Å². The average molecular weight is 398 g/mol. The number of hydrogen-bond acceptors (Lipinski definition) is 4. The first-order chi connectivity index (χ1) is 11.9. The predicted molar refractivity (Wildman–Crippen MR) is 96.5 cm³/mol. The van der Waals surface area contributed by atoms with Gasteiger partial charge in [0.25, 0.3) is 5.91 Å². The highest BCUT2D eigenvalue weighted by molar-refractivity contribution is 7.17. The van der Waals surface area contributed by atoms with Gasteiger partial charge < -0.3 is 5.32 Å². The maximum absolute atomic E-state index is 12.1. The van der Waals surface area contributed by atoms with Crippen LogP contribution in [0.2, 0.25) is 10.0 Å². The Hall–Kier alpha value is -2.09. The Kier molecular flexibility index (Phi) is 5.27. The molecule has 0 unspecified atom stereocenters. The molecular formula is C16H13Cl2N3O3S. The summed E-state index contributed by atoms with van der Waals surface area (Å²) in [5.41, 5.74) is 5.10. The Morgan fingerprint density at radius 2 is 1.64 bits per heavy atom. The number of carbonyl (C=O) groups excluding carboxylic acids is 3. The second kappa shape index (κ2) is 7.43. The minimum Gasteiger partial charge on any atom is -0.345 e. The molecule has 0 saturated heterocycles.